The molecule has 1 aromatic rings. The molecule has 0 atom stereocenters. The van der Waals surface area contributed by atoms with Crippen molar-refractivity contribution in [1.82, 2.24) is 10.6 Å². The average molecular weight is 276 g/mol. The van der Waals surface area contributed by atoms with Crippen molar-refractivity contribution in [3.05, 3.63) is 24.3 Å². The summed E-state index contributed by atoms with van der Waals surface area (Å²) < 4.78 is 0. The van der Waals surface area contributed by atoms with Crippen molar-refractivity contribution in [3.8, 4) is 0 Å². The lowest BCUT2D eigenvalue weighted by molar-refractivity contribution is -0.131. The second-order valence-electron chi connectivity index (χ2n) is 5.00. The maximum Gasteiger partial charge on any atom is 0.246 e. The van der Waals surface area contributed by atoms with Crippen LogP contribution in [0.15, 0.2) is 24.3 Å². The highest BCUT2D eigenvalue weighted by atomic mass is 16.2. The number of amides is 2. The zero-order chi connectivity index (χ0) is 14.6. The van der Waals surface area contributed by atoms with Crippen LogP contribution in [0, 0.1) is 0 Å². The fraction of sp³-hybridized carbons (Fsp3) is 0.429. The Morgan fingerprint density at radius 1 is 1.30 bits per heavy atom. The van der Waals surface area contributed by atoms with Crippen LogP contribution in [0.4, 0.5) is 11.4 Å². The Hall–Kier alpha value is -2.08. The van der Waals surface area contributed by atoms with E-state index >= 15 is 0 Å². The van der Waals surface area contributed by atoms with Crippen LogP contribution >= 0.6 is 0 Å². The summed E-state index contributed by atoms with van der Waals surface area (Å²) in [6, 6.07) is 7.70. The van der Waals surface area contributed by atoms with Crippen molar-refractivity contribution in [3.63, 3.8) is 0 Å². The van der Waals surface area contributed by atoms with Gasteiger partial charge in [0.05, 0.1) is 0 Å². The Kier molecular flexibility index (Phi) is 4.24. The first-order chi connectivity index (χ1) is 9.61. The first kappa shape index (κ1) is 14.3. The van der Waals surface area contributed by atoms with E-state index in [1.807, 2.05) is 24.3 Å². The highest BCUT2D eigenvalue weighted by Crippen LogP contribution is 2.26. The molecule has 1 fully saturated rings. The smallest absolute Gasteiger partial charge is 0.246 e. The molecule has 4 N–H and O–H groups in total. The van der Waals surface area contributed by atoms with E-state index < -0.39 is 5.54 Å². The average Bonchev–Trinajstić information content (AvgIpc) is 2.48. The van der Waals surface area contributed by atoms with E-state index in [-0.39, 0.29) is 5.91 Å². The second kappa shape index (κ2) is 5.92. The van der Waals surface area contributed by atoms with Crippen LogP contribution in [-0.2, 0) is 9.59 Å². The molecule has 1 heterocycles. The highest BCUT2D eigenvalue weighted by molar-refractivity contribution is 5.93. The van der Waals surface area contributed by atoms with Crippen molar-refractivity contribution < 1.29 is 9.59 Å². The Balaban J connectivity index is 2.05. The Labute approximate surface area is 118 Å². The van der Waals surface area contributed by atoms with Gasteiger partial charge in [0.2, 0.25) is 12.3 Å². The molecular weight excluding hydrogens is 256 g/mol. The van der Waals surface area contributed by atoms with Gasteiger partial charge < -0.3 is 16.0 Å². The largest absolute Gasteiger partial charge is 0.399 e. The SMILES string of the molecule is CNC1(C(=O)NC=O)CCN(c2ccc(N)cc2)CC1. The number of anilines is 2. The number of nitrogens with zero attached hydrogens (tertiary/aromatic N) is 1. The molecule has 1 aromatic carbocycles. The number of likely N-dealkylation sites (N-methyl/N-ethyl adjacent to an activating group) is 1. The number of nitrogens with two attached hydrogens (primary N) is 1. The molecule has 0 aromatic heterocycles. The van der Waals surface area contributed by atoms with Gasteiger partial charge in [0.25, 0.3) is 0 Å². The number of carbonyl (C=O) groups is 2. The Morgan fingerprint density at radius 2 is 1.90 bits per heavy atom. The molecule has 0 saturated carbocycles. The molecule has 0 bridgehead atoms. The standard InChI is InChI=1S/C14H20N4O2/c1-16-14(13(20)17-10-19)6-8-18(9-7-14)12-4-2-11(15)3-5-12/h2-5,10,16H,6-9,15H2,1H3,(H,17,19,20). The van der Waals surface area contributed by atoms with Gasteiger partial charge in [0.15, 0.2) is 0 Å². The Morgan fingerprint density at radius 3 is 2.40 bits per heavy atom. The van der Waals surface area contributed by atoms with Crippen molar-refractivity contribution in [2.24, 2.45) is 0 Å². The van der Waals surface area contributed by atoms with Gasteiger partial charge in [-0.1, -0.05) is 0 Å². The minimum absolute atomic E-state index is 0.257. The summed E-state index contributed by atoms with van der Waals surface area (Å²) in [6.45, 7) is 1.49. The lowest BCUT2D eigenvalue weighted by Gasteiger charge is -2.41. The summed E-state index contributed by atoms with van der Waals surface area (Å²) in [5.41, 5.74) is 6.85. The predicted octanol–water partition coefficient (Wildman–Crippen LogP) is 0.0998. The monoisotopic (exact) mass is 276 g/mol. The quantitative estimate of drug-likeness (QED) is 0.536. The highest BCUT2D eigenvalue weighted by Gasteiger charge is 2.39. The minimum Gasteiger partial charge on any atom is -0.399 e. The van der Waals surface area contributed by atoms with Crippen LogP contribution in [0.2, 0.25) is 0 Å². The Bertz CT molecular complexity index is 478. The molecule has 6 heteroatoms. The molecule has 108 valence electrons. The third kappa shape index (κ3) is 2.75. The van der Waals surface area contributed by atoms with Crippen LogP contribution in [0.1, 0.15) is 12.8 Å². The molecule has 20 heavy (non-hydrogen) atoms. The number of piperidine rings is 1. The minimum atomic E-state index is -0.661. The fourth-order valence-corrected chi connectivity index (χ4v) is 2.61. The summed E-state index contributed by atoms with van der Waals surface area (Å²) >= 11 is 0. The van der Waals surface area contributed by atoms with Crippen LogP contribution in [0.5, 0.6) is 0 Å². The van der Waals surface area contributed by atoms with Crippen molar-refractivity contribution in [2.75, 3.05) is 30.8 Å². The molecule has 0 aliphatic carbocycles. The maximum atomic E-state index is 12.0. The molecule has 0 radical (unpaired) electrons. The van der Waals surface area contributed by atoms with Gasteiger partial charge in [-0.3, -0.25) is 14.9 Å². The van der Waals surface area contributed by atoms with E-state index in [9.17, 15) is 9.59 Å². The predicted molar refractivity (Wildman–Crippen MR) is 78.3 cm³/mol. The van der Waals surface area contributed by atoms with Gasteiger partial charge in [-0.15, -0.1) is 0 Å². The van der Waals surface area contributed by atoms with Crippen LogP contribution in [0.3, 0.4) is 0 Å². The number of rotatable bonds is 4. The summed E-state index contributed by atoms with van der Waals surface area (Å²) in [6.07, 6.45) is 1.73. The molecule has 6 nitrogen and oxygen atoms in total. The van der Waals surface area contributed by atoms with Gasteiger partial charge in [-0.05, 0) is 44.2 Å². The van der Waals surface area contributed by atoms with Crippen LogP contribution in [-0.4, -0.2) is 38.0 Å². The number of imide groups is 1. The molecule has 1 saturated heterocycles. The number of hydrogen-bond acceptors (Lipinski definition) is 5. The van der Waals surface area contributed by atoms with Crippen molar-refractivity contribution >= 4 is 23.7 Å². The van der Waals surface area contributed by atoms with Crippen LogP contribution < -0.4 is 21.3 Å². The molecule has 2 rings (SSSR count). The number of nitrogen functional groups attached to an aromatic ring is 1. The number of nitrogens with one attached hydrogen (secondary N) is 2. The molecule has 1 aliphatic rings. The second-order valence-corrected chi connectivity index (χ2v) is 5.00. The zero-order valence-electron chi connectivity index (χ0n) is 11.6. The lowest BCUT2D eigenvalue weighted by atomic mass is 9.86. The summed E-state index contributed by atoms with van der Waals surface area (Å²) in [4.78, 5) is 24.7. The molecule has 0 unspecified atom stereocenters. The zero-order valence-corrected chi connectivity index (χ0v) is 11.6. The summed E-state index contributed by atoms with van der Waals surface area (Å²) in [5, 5.41) is 5.32. The van der Waals surface area contributed by atoms with Crippen LogP contribution in [0.25, 0.3) is 0 Å². The lowest BCUT2D eigenvalue weighted by Crippen LogP contribution is -2.60. The van der Waals surface area contributed by atoms with E-state index in [0.29, 0.717) is 19.3 Å². The van der Waals surface area contributed by atoms with Gasteiger partial charge in [-0.2, -0.15) is 0 Å². The van der Waals surface area contributed by atoms with E-state index in [4.69, 9.17) is 5.73 Å². The maximum absolute atomic E-state index is 12.0. The van der Waals surface area contributed by atoms with Gasteiger partial charge in [0.1, 0.15) is 5.54 Å². The van der Waals surface area contributed by atoms with Gasteiger partial charge in [-0.25, -0.2) is 0 Å². The third-order valence-electron chi connectivity index (χ3n) is 3.98. The van der Waals surface area contributed by atoms with E-state index in [1.165, 1.54) is 0 Å². The molecule has 1 aliphatic heterocycles. The summed E-state index contributed by atoms with van der Waals surface area (Å²) in [5.74, 6) is -0.257. The fourth-order valence-electron chi connectivity index (χ4n) is 2.61. The van der Waals surface area contributed by atoms with E-state index in [1.54, 1.807) is 7.05 Å². The summed E-state index contributed by atoms with van der Waals surface area (Å²) in [7, 11) is 1.75. The third-order valence-corrected chi connectivity index (χ3v) is 3.98. The van der Waals surface area contributed by atoms with Gasteiger partial charge >= 0.3 is 0 Å². The van der Waals surface area contributed by atoms with E-state index in [0.717, 1.165) is 24.5 Å². The number of hydrogen-bond donors (Lipinski definition) is 3. The van der Waals surface area contributed by atoms with Crippen molar-refractivity contribution in [2.45, 2.75) is 18.4 Å². The topological polar surface area (TPSA) is 87.5 Å². The molecule has 0 spiro atoms. The number of carbonyl (C=O) groups excluding carboxylic acids is 2. The normalized spacial score (nSPS) is 17.6. The molecular formula is C14H20N4O2. The van der Waals surface area contributed by atoms with Crippen molar-refractivity contribution in [1.29, 1.82) is 0 Å². The first-order valence-electron chi connectivity index (χ1n) is 6.65. The molecule has 2 amide bonds. The van der Waals surface area contributed by atoms with Gasteiger partial charge in [0, 0.05) is 24.5 Å². The van der Waals surface area contributed by atoms with E-state index in [2.05, 4.69) is 15.5 Å². The number of benzene rings is 1. The first-order valence-corrected chi connectivity index (χ1v) is 6.65.